The monoisotopic (exact) mass is 471 g/mol. The SMILES string of the molecule is C=C(CN)C(=O)O[C@H]1CC[C@@]2(C)C(CCC3C2CC[C@]2(C)[C@@H]([C@H](C)CCCC(C)C)CC[C@@H]32)C1. The predicted molar refractivity (Wildman–Crippen MR) is 141 cm³/mol. The Hall–Kier alpha value is -0.830. The average Bonchev–Trinajstić information content (AvgIpc) is 3.15. The van der Waals surface area contributed by atoms with Gasteiger partial charge in [-0.1, -0.05) is 60.5 Å². The predicted octanol–water partition coefficient (Wildman–Crippen LogP) is 7.53. The molecular formula is C31H53NO2. The zero-order valence-corrected chi connectivity index (χ0v) is 22.9. The molecule has 0 aromatic carbocycles. The zero-order valence-electron chi connectivity index (χ0n) is 22.9. The van der Waals surface area contributed by atoms with Gasteiger partial charge in [-0.2, -0.15) is 0 Å². The molecule has 0 saturated heterocycles. The standard InChI is InChI=1S/C31H53NO2/c1-20(2)8-7-9-21(3)26-12-13-27-25-11-10-23-18-24(34-29(33)22(4)19-32)14-16-30(23,5)28(25)15-17-31(26,27)6/h20-21,23-28H,4,7-19,32H2,1-3,5-6H3/t21-,23?,24+,25?,26-,27+,28?,30+,31-/m1/s1. The Morgan fingerprint density at radius 3 is 2.38 bits per heavy atom. The Labute approximate surface area is 210 Å². The van der Waals surface area contributed by atoms with Gasteiger partial charge in [0.25, 0.3) is 0 Å². The molecule has 3 nitrogen and oxygen atoms in total. The molecule has 3 unspecified atom stereocenters. The highest BCUT2D eigenvalue weighted by atomic mass is 16.5. The summed E-state index contributed by atoms with van der Waals surface area (Å²) in [6, 6.07) is 0. The van der Waals surface area contributed by atoms with Crippen molar-refractivity contribution < 1.29 is 9.53 Å². The minimum atomic E-state index is -0.280. The van der Waals surface area contributed by atoms with Crippen LogP contribution in [0, 0.1) is 52.3 Å². The molecule has 0 aromatic rings. The van der Waals surface area contributed by atoms with E-state index in [-0.39, 0.29) is 18.6 Å². The van der Waals surface area contributed by atoms with Crippen LogP contribution in [0.1, 0.15) is 112 Å². The molecule has 0 spiro atoms. The molecule has 9 atom stereocenters. The second-order valence-electron chi connectivity index (χ2n) is 13.8. The summed E-state index contributed by atoms with van der Waals surface area (Å²) in [6.07, 6.45) is 16.1. The summed E-state index contributed by atoms with van der Waals surface area (Å²) in [5.41, 5.74) is 6.99. The second kappa shape index (κ2) is 10.3. The van der Waals surface area contributed by atoms with Gasteiger partial charge in [-0.3, -0.25) is 0 Å². The van der Waals surface area contributed by atoms with Crippen LogP contribution in [0.2, 0.25) is 0 Å². The normalized spacial score (nSPS) is 42.4. The molecule has 4 fully saturated rings. The largest absolute Gasteiger partial charge is 0.459 e. The summed E-state index contributed by atoms with van der Waals surface area (Å²) in [4.78, 5) is 12.3. The molecule has 0 radical (unpaired) electrons. The van der Waals surface area contributed by atoms with Crippen LogP contribution >= 0.6 is 0 Å². The molecule has 0 amide bonds. The Morgan fingerprint density at radius 2 is 1.68 bits per heavy atom. The van der Waals surface area contributed by atoms with E-state index in [1.807, 2.05) is 0 Å². The minimum Gasteiger partial charge on any atom is -0.459 e. The first-order valence-electron chi connectivity index (χ1n) is 14.7. The molecule has 0 bridgehead atoms. The molecular weight excluding hydrogens is 418 g/mol. The van der Waals surface area contributed by atoms with Gasteiger partial charge in [0.05, 0.1) is 0 Å². The fourth-order valence-electron chi connectivity index (χ4n) is 9.67. The quantitative estimate of drug-likeness (QED) is 0.294. The summed E-state index contributed by atoms with van der Waals surface area (Å²) in [5, 5.41) is 0. The first-order valence-corrected chi connectivity index (χ1v) is 14.7. The van der Waals surface area contributed by atoms with E-state index in [0.29, 0.717) is 22.3 Å². The first kappa shape index (κ1) is 26.2. The number of hydrogen-bond donors (Lipinski definition) is 1. The molecule has 34 heavy (non-hydrogen) atoms. The van der Waals surface area contributed by atoms with Crippen molar-refractivity contribution in [2.75, 3.05) is 6.54 Å². The van der Waals surface area contributed by atoms with E-state index < -0.39 is 0 Å². The van der Waals surface area contributed by atoms with Crippen molar-refractivity contribution in [1.29, 1.82) is 0 Å². The lowest BCUT2D eigenvalue weighted by atomic mass is 9.44. The maximum Gasteiger partial charge on any atom is 0.334 e. The van der Waals surface area contributed by atoms with Crippen LogP contribution in [0.25, 0.3) is 0 Å². The van der Waals surface area contributed by atoms with Gasteiger partial charge in [-0.15, -0.1) is 0 Å². The number of nitrogens with two attached hydrogens (primary N) is 1. The first-order chi connectivity index (χ1) is 16.1. The van der Waals surface area contributed by atoms with Crippen LogP contribution in [0.3, 0.4) is 0 Å². The Bertz CT molecular complexity index is 746. The summed E-state index contributed by atoms with van der Waals surface area (Å²) in [7, 11) is 0. The second-order valence-corrected chi connectivity index (χ2v) is 13.8. The lowest BCUT2D eigenvalue weighted by molar-refractivity contribution is -0.159. The van der Waals surface area contributed by atoms with Crippen LogP contribution < -0.4 is 5.73 Å². The number of fused-ring (bicyclic) bond motifs is 5. The van der Waals surface area contributed by atoms with Crippen molar-refractivity contribution in [3.05, 3.63) is 12.2 Å². The minimum absolute atomic E-state index is 0.0573. The third kappa shape index (κ3) is 4.76. The van der Waals surface area contributed by atoms with Crippen molar-refractivity contribution in [1.82, 2.24) is 0 Å². The fraction of sp³-hybridized carbons (Fsp3) is 0.903. The van der Waals surface area contributed by atoms with Crippen molar-refractivity contribution in [2.24, 2.45) is 58.0 Å². The van der Waals surface area contributed by atoms with E-state index in [1.165, 1.54) is 64.2 Å². The molecule has 3 heteroatoms. The van der Waals surface area contributed by atoms with E-state index in [2.05, 4.69) is 41.2 Å². The van der Waals surface area contributed by atoms with Crippen LogP contribution in [0.5, 0.6) is 0 Å². The highest BCUT2D eigenvalue weighted by Crippen LogP contribution is 2.68. The van der Waals surface area contributed by atoms with E-state index in [0.717, 1.165) is 48.3 Å². The maximum absolute atomic E-state index is 12.3. The lowest BCUT2D eigenvalue weighted by Gasteiger charge is -2.61. The van der Waals surface area contributed by atoms with Crippen molar-refractivity contribution in [3.63, 3.8) is 0 Å². The zero-order chi connectivity index (χ0) is 24.7. The van der Waals surface area contributed by atoms with Gasteiger partial charge in [0.1, 0.15) is 6.10 Å². The number of carbonyl (C=O) groups excluding carboxylic acids is 1. The molecule has 2 N–H and O–H groups in total. The molecule has 0 aromatic heterocycles. The third-order valence-electron chi connectivity index (χ3n) is 11.6. The van der Waals surface area contributed by atoms with E-state index in [9.17, 15) is 4.79 Å². The van der Waals surface area contributed by atoms with Crippen LogP contribution in [0.4, 0.5) is 0 Å². The van der Waals surface area contributed by atoms with Gasteiger partial charge in [-0.05, 0) is 110 Å². The van der Waals surface area contributed by atoms with Gasteiger partial charge in [0.15, 0.2) is 0 Å². The molecule has 4 rings (SSSR count). The van der Waals surface area contributed by atoms with E-state index in [1.54, 1.807) is 0 Å². The Kier molecular flexibility index (Phi) is 7.92. The summed E-state index contributed by atoms with van der Waals surface area (Å²) < 4.78 is 5.83. The molecule has 0 aliphatic heterocycles. The van der Waals surface area contributed by atoms with E-state index >= 15 is 0 Å². The number of rotatable bonds is 8. The Balaban J connectivity index is 1.40. The summed E-state index contributed by atoms with van der Waals surface area (Å²) in [5.74, 6) is 5.79. The van der Waals surface area contributed by atoms with E-state index in [4.69, 9.17) is 10.5 Å². The highest BCUT2D eigenvalue weighted by molar-refractivity contribution is 5.88. The smallest absolute Gasteiger partial charge is 0.334 e. The maximum atomic E-state index is 12.3. The highest BCUT2D eigenvalue weighted by Gasteiger charge is 2.60. The topological polar surface area (TPSA) is 52.3 Å². The number of carbonyl (C=O) groups is 1. The van der Waals surface area contributed by atoms with Gasteiger partial charge >= 0.3 is 5.97 Å². The van der Waals surface area contributed by atoms with Crippen LogP contribution in [-0.2, 0) is 9.53 Å². The van der Waals surface area contributed by atoms with Gasteiger partial charge in [0.2, 0.25) is 0 Å². The van der Waals surface area contributed by atoms with Crippen molar-refractivity contribution >= 4 is 5.97 Å². The van der Waals surface area contributed by atoms with Crippen molar-refractivity contribution in [2.45, 2.75) is 118 Å². The Morgan fingerprint density at radius 1 is 0.971 bits per heavy atom. The summed E-state index contributed by atoms with van der Waals surface area (Å²) in [6.45, 7) is 16.6. The summed E-state index contributed by atoms with van der Waals surface area (Å²) >= 11 is 0. The molecule has 4 aliphatic rings. The van der Waals surface area contributed by atoms with Crippen molar-refractivity contribution in [3.8, 4) is 0 Å². The number of hydrogen-bond acceptors (Lipinski definition) is 3. The number of ether oxygens (including phenoxy) is 1. The average molecular weight is 472 g/mol. The molecule has 0 heterocycles. The van der Waals surface area contributed by atoms with Gasteiger partial charge < -0.3 is 10.5 Å². The molecule has 4 aliphatic carbocycles. The lowest BCUT2D eigenvalue weighted by Crippen LogP contribution is -2.54. The number of esters is 1. The molecule has 4 saturated carbocycles. The molecule has 194 valence electrons. The van der Waals surface area contributed by atoms with Crippen LogP contribution in [0.15, 0.2) is 12.2 Å². The third-order valence-corrected chi connectivity index (χ3v) is 11.6. The van der Waals surface area contributed by atoms with Gasteiger partial charge in [-0.25, -0.2) is 4.79 Å². The van der Waals surface area contributed by atoms with Gasteiger partial charge in [0, 0.05) is 12.1 Å². The fourth-order valence-corrected chi connectivity index (χ4v) is 9.67. The van der Waals surface area contributed by atoms with Crippen LogP contribution in [-0.4, -0.2) is 18.6 Å².